The van der Waals surface area contributed by atoms with E-state index < -0.39 is 143 Å². The van der Waals surface area contributed by atoms with E-state index in [1.807, 2.05) is 0 Å². The average molecular weight is 651 g/mol. The van der Waals surface area contributed by atoms with Crippen molar-refractivity contribution in [3.8, 4) is 0 Å². The van der Waals surface area contributed by atoms with Gasteiger partial charge in [0, 0.05) is 0 Å². The Hall–Kier alpha value is -0.800. The molecule has 20 nitrogen and oxygen atoms in total. The minimum Gasteiger partial charge on any atom is -0.394 e. The van der Waals surface area contributed by atoms with Gasteiger partial charge in [-0.3, -0.25) is 0 Å². The van der Waals surface area contributed by atoms with Crippen LogP contribution in [0.3, 0.4) is 0 Å². The van der Waals surface area contributed by atoms with Gasteiger partial charge in [0.2, 0.25) is 0 Å². The van der Waals surface area contributed by atoms with E-state index in [0.29, 0.717) is 0 Å². The fourth-order valence-electron chi connectivity index (χ4n) is 5.41. The molecule has 0 amide bonds. The molecule has 4 aliphatic heterocycles. The second kappa shape index (κ2) is 15.0. The van der Waals surface area contributed by atoms with Crippen LogP contribution in [0.4, 0.5) is 0 Å². The van der Waals surface area contributed by atoms with Gasteiger partial charge in [-0.1, -0.05) is 0 Å². The van der Waals surface area contributed by atoms with Crippen molar-refractivity contribution in [1.82, 2.24) is 0 Å². The standard InChI is InChI=1S/C24H42O20/c1-5-19(43-24-16(34)13(31)10(28)7(3-26)42-24)14(32)17(35)23(39-5)44-20-11(29)8(40-21(37)18(20)36)4-38-22-15(33)12(30)9(27)6(2-25)41-22/h5-37H,2-4H2,1H3/t5-,6+,7+,8+,9+,10+,11-,12-,13-,14-,15+,16+,17+,18+,19-,20-,21?,22-,23+,24-/m0/s1. The molecule has 0 aromatic carbocycles. The van der Waals surface area contributed by atoms with Crippen LogP contribution in [0.25, 0.3) is 0 Å². The quantitative estimate of drug-likeness (QED) is 0.110. The summed E-state index contributed by atoms with van der Waals surface area (Å²) in [5.41, 5.74) is 0. The molecule has 4 heterocycles. The molecule has 13 N–H and O–H groups in total. The Labute approximate surface area is 249 Å². The second-order valence-electron chi connectivity index (χ2n) is 11.2. The first kappa shape index (κ1) is 36.0. The average Bonchev–Trinajstić information content (AvgIpc) is 3.00. The summed E-state index contributed by atoms with van der Waals surface area (Å²) in [6.45, 7) is -0.742. The monoisotopic (exact) mass is 650 g/mol. The van der Waals surface area contributed by atoms with Crippen LogP contribution in [-0.4, -0.2) is 209 Å². The molecule has 4 aliphatic rings. The summed E-state index contributed by atoms with van der Waals surface area (Å²) < 4.78 is 37.7. The summed E-state index contributed by atoms with van der Waals surface area (Å²) in [4.78, 5) is 0. The number of rotatable bonds is 9. The van der Waals surface area contributed by atoms with Crippen molar-refractivity contribution in [3.63, 3.8) is 0 Å². The second-order valence-corrected chi connectivity index (χ2v) is 11.2. The number of aliphatic hydroxyl groups excluding tert-OH is 13. The molecule has 4 saturated heterocycles. The van der Waals surface area contributed by atoms with Crippen molar-refractivity contribution in [3.05, 3.63) is 0 Å². The maximum atomic E-state index is 10.9. The largest absolute Gasteiger partial charge is 0.394 e. The lowest BCUT2D eigenvalue weighted by molar-refractivity contribution is -0.376. The van der Waals surface area contributed by atoms with Crippen LogP contribution in [0, 0.1) is 0 Å². The first-order valence-corrected chi connectivity index (χ1v) is 14.0. The van der Waals surface area contributed by atoms with E-state index in [1.165, 1.54) is 6.92 Å². The summed E-state index contributed by atoms with van der Waals surface area (Å²) in [7, 11) is 0. The van der Waals surface area contributed by atoms with Crippen LogP contribution < -0.4 is 0 Å². The molecule has 4 rings (SSSR count). The van der Waals surface area contributed by atoms with Gasteiger partial charge in [0.25, 0.3) is 0 Å². The van der Waals surface area contributed by atoms with Gasteiger partial charge in [-0.15, -0.1) is 0 Å². The van der Waals surface area contributed by atoms with Crippen molar-refractivity contribution in [2.24, 2.45) is 0 Å². The minimum absolute atomic E-state index is 0.643. The van der Waals surface area contributed by atoms with Crippen molar-refractivity contribution in [2.45, 2.75) is 130 Å². The number of hydrogen-bond donors (Lipinski definition) is 13. The molecule has 0 radical (unpaired) electrons. The van der Waals surface area contributed by atoms with Crippen LogP contribution in [0.1, 0.15) is 6.92 Å². The molecule has 0 spiro atoms. The van der Waals surface area contributed by atoms with Crippen LogP contribution in [0.2, 0.25) is 0 Å². The van der Waals surface area contributed by atoms with Gasteiger partial charge in [0.1, 0.15) is 91.6 Å². The molecule has 0 saturated carbocycles. The van der Waals surface area contributed by atoms with E-state index in [2.05, 4.69) is 0 Å². The summed E-state index contributed by atoms with van der Waals surface area (Å²) in [5.74, 6) is 0. The predicted molar refractivity (Wildman–Crippen MR) is 132 cm³/mol. The van der Waals surface area contributed by atoms with Crippen LogP contribution in [0.15, 0.2) is 0 Å². The number of hydrogen-bond acceptors (Lipinski definition) is 20. The minimum atomic E-state index is -1.97. The molecule has 1 unspecified atom stereocenters. The van der Waals surface area contributed by atoms with E-state index in [-0.39, 0.29) is 0 Å². The maximum absolute atomic E-state index is 10.9. The highest BCUT2D eigenvalue weighted by Crippen LogP contribution is 2.32. The van der Waals surface area contributed by atoms with E-state index in [4.69, 9.17) is 33.2 Å². The topological polar surface area (TPSA) is 328 Å². The molecule has 20 heteroatoms. The molecule has 44 heavy (non-hydrogen) atoms. The Bertz CT molecular complexity index is 898. The van der Waals surface area contributed by atoms with Crippen molar-refractivity contribution < 1.29 is 99.5 Å². The van der Waals surface area contributed by atoms with E-state index >= 15 is 0 Å². The summed E-state index contributed by atoms with van der Waals surface area (Å²) in [5, 5.41) is 132. The van der Waals surface area contributed by atoms with E-state index in [9.17, 15) is 66.4 Å². The Morgan fingerprint density at radius 3 is 1.50 bits per heavy atom. The predicted octanol–water partition coefficient (Wildman–Crippen LogP) is -8.72. The van der Waals surface area contributed by atoms with Gasteiger partial charge < -0.3 is 99.5 Å². The Kier molecular flexibility index (Phi) is 12.3. The fourth-order valence-corrected chi connectivity index (χ4v) is 5.41. The molecule has 4 fully saturated rings. The molecular formula is C24H42O20. The van der Waals surface area contributed by atoms with Gasteiger partial charge in [-0.25, -0.2) is 0 Å². The molecule has 258 valence electrons. The number of ether oxygens (including phenoxy) is 7. The zero-order chi connectivity index (χ0) is 32.6. The van der Waals surface area contributed by atoms with Crippen molar-refractivity contribution in [2.75, 3.05) is 19.8 Å². The van der Waals surface area contributed by atoms with Gasteiger partial charge >= 0.3 is 0 Å². The van der Waals surface area contributed by atoms with Gasteiger partial charge in [0.15, 0.2) is 25.2 Å². The van der Waals surface area contributed by atoms with Crippen LogP contribution >= 0.6 is 0 Å². The lowest BCUT2D eigenvalue weighted by Crippen LogP contribution is -2.66. The summed E-state index contributed by atoms with van der Waals surface area (Å²) in [6, 6.07) is 0. The third-order valence-electron chi connectivity index (χ3n) is 8.14. The van der Waals surface area contributed by atoms with Crippen molar-refractivity contribution >= 4 is 0 Å². The van der Waals surface area contributed by atoms with Gasteiger partial charge in [-0.05, 0) is 6.92 Å². The van der Waals surface area contributed by atoms with E-state index in [0.717, 1.165) is 0 Å². The third kappa shape index (κ3) is 7.19. The SMILES string of the molecule is C[C@@H]1O[C@H](O[C@H]2[C@@H](O)[C@@H](CO[C@H]3O[C@H](CO)[C@@H](O)[C@H](O)[C@H]3O)OC(O)[C@@H]2O)[C@H](O)[C@H](O)[C@H]1O[C@@H]1O[C@H](CO)[C@@H](O)[C@H](O)[C@H]1O. The first-order chi connectivity index (χ1) is 20.7. The third-order valence-corrected chi connectivity index (χ3v) is 8.14. The van der Waals surface area contributed by atoms with Crippen LogP contribution in [-0.2, 0) is 33.2 Å². The molecule has 0 aromatic heterocycles. The summed E-state index contributed by atoms with van der Waals surface area (Å²) in [6.07, 6.45) is -33.3. The Morgan fingerprint density at radius 2 is 0.932 bits per heavy atom. The normalized spacial score (nSPS) is 53.9. The first-order valence-electron chi connectivity index (χ1n) is 14.0. The molecule has 0 aromatic rings. The molecule has 0 aliphatic carbocycles. The maximum Gasteiger partial charge on any atom is 0.187 e. The smallest absolute Gasteiger partial charge is 0.187 e. The number of aliphatic hydroxyl groups is 13. The van der Waals surface area contributed by atoms with E-state index in [1.54, 1.807) is 0 Å². The summed E-state index contributed by atoms with van der Waals surface area (Å²) >= 11 is 0. The molecular weight excluding hydrogens is 608 g/mol. The Balaban J connectivity index is 1.38. The van der Waals surface area contributed by atoms with Crippen LogP contribution in [0.5, 0.6) is 0 Å². The molecule has 20 atom stereocenters. The highest BCUT2D eigenvalue weighted by atomic mass is 16.8. The fraction of sp³-hybridized carbons (Fsp3) is 1.00. The zero-order valence-electron chi connectivity index (χ0n) is 23.3. The highest BCUT2D eigenvalue weighted by molar-refractivity contribution is 4.96. The Morgan fingerprint density at radius 1 is 0.455 bits per heavy atom. The lowest BCUT2D eigenvalue weighted by Gasteiger charge is -2.47. The van der Waals surface area contributed by atoms with Crippen molar-refractivity contribution in [1.29, 1.82) is 0 Å². The van der Waals surface area contributed by atoms with Gasteiger partial charge in [0.05, 0.1) is 25.9 Å². The van der Waals surface area contributed by atoms with Gasteiger partial charge in [-0.2, -0.15) is 0 Å². The highest BCUT2D eigenvalue weighted by Gasteiger charge is 2.53. The zero-order valence-corrected chi connectivity index (χ0v) is 23.3. The molecule has 0 bridgehead atoms. The lowest BCUT2D eigenvalue weighted by atomic mass is 9.96.